The van der Waals surface area contributed by atoms with Crippen LogP contribution in [0.1, 0.15) is 0 Å². The van der Waals surface area contributed by atoms with E-state index in [1.165, 1.54) is 0 Å². The van der Waals surface area contributed by atoms with Crippen molar-refractivity contribution < 1.29 is 4.79 Å². The maximum atomic E-state index is 9.54. The molecule has 0 heterocycles. The van der Waals surface area contributed by atoms with Crippen LogP contribution in [0.5, 0.6) is 0 Å². The van der Waals surface area contributed by atoms with E-state index in [1.807, 2.05) is 7.05 Å². The third-order valence-corrected chi connectivity index (χ3v) is 0.603. The zero-order chi connectivity index (χ0) is 5.54. The van der Waals surface area contributed by atoms with Crippen LogP contribution < -0.4 is 10.6 Å². The summed E-state index contributed by atoms with van der Waals surface area (Å²) in [5.41, 5.74) is 0. The van der Waals surface area contributed by atoms with E-state index in [0.29, 0.717) is 13.0 Å². The van der Waals surface area contributed by atoms with E-state index in [0.717, 1.165) is 6.54 Å². The highest BCUT2D eigenvalue weighted by Gasteiger charge is 1.74. The fourth-order valence-electron chi connectivity index (χ4n) is 0.256. The van der Waals surface area contributed by atoms with Gasteiger partial charge < -0.3 is 10.6 Å². The van der Waals surface area contributed by atoms with E-state index in [9.17, 15) is 4.79 Å². The Morgan fingerprint density at radius 1 is 1.57 bits per heavy atom. The number of carbonyl (C=O) groups excluding carboxylic acids is 1. The first-order chi connectivity index (χ1) is 3.41. The Bertz CT molecular complexity index is 47.0. The molecule has 0 aliphatic rings. The van der Waals surface area contributed by atoms with Crippen molar-refractivity contribution in [2.75, 3.05) is 20.1 Å². The number of nitrogens with one attached hydrogen (secondary N) is 2. The van der Waals surface area contributed by atoms with Crippen LogP contribution in [0.4, 0.5) is 0 Å². The smallest absolute Gasteiger partial charge is 0.207 e. The van der Waals surface area contributed by atoms with Gasteiger partial charge in [-0.2, -0.15) is 0 Å². The molecule has 7 heavy (non-hydrogen) atoms. The number of likely N-dealkylation sites (N-methyl/N-ethyl adjacent to an activating group) is 1. The second kappa shape index (κ2) is 5.43. The molecule has 0 saturated carbocycles. The SMILES string of the molecule is CNCCNC=O. The molecular weight excluding hydrogens is 92.1 g/mol. The second-order valence-electron chi connectivity index (χ2n) is 1.18. The van der Waals surface area contributed by atoms with Crippen LogP contribution in [0.3, 0.4) is 0 Å². The van der Waals surface area contributed by atoms with Gasteiger partial charge in [-0.3, -0.25) is 4.79 Å². The Hall–Kier alpha value is -0.570. The van der Waals surface area contributed by atoms with Gasteiger partial charge in [-0.15, -0.1) is 0 Å². The maximum Gasteiger partial charge on any atom is 0.207 e. The zero-order valence-electron chi connectivity index (χ0n) is 4.40. The van der Waals surface area contributed by atoms with Gasteiger partial charge in [-0.25, -0.2) is 0 Å². The van der Waals surface area contributed by atoms with E-state index in [-0.39, 0.29) is 0 Å². The summed E-state index contributed by atoms with van der Waals surface area (Å²) in [6.45, 7) is 1.54. The van der Waals surface area contributed by atoms with Crippen LogP contribution >= 0.6 is 0 Å². The minimum atomic E-state index is 0.692. The molecule has 0 saturated heterocycles. The Morgan fingerprint density at radius 3 is 2.71 bits per heavy atom. The van der Waals surface area contributed by atoms with Gasteiger partial charge in [0.05, 0.1) is 0 Å². The molecule has 2 N–H and O–H groups in total. The molecule has 0 fully saturated rings. The average Bonchev–Trinajstić information content (AvgIpc) is 1.69. The third-order valence-electron chi connectivity index (χ3n) is 0.603. The van der Waals surface area contributed by atoms with E-state index < -0.39 is 0 Å². The molecule has 0 spiro atoms. The van der Waals surface area contributed by atoms with Gasteiger partial charge in [0.1, 0.15) is 0 Å². The van der Waals surface area contributed by atoms with E-state index in [2.05, 4.69) is 10.6 Å². The first-order valence-electron chi connectivity index (χ1n) is 2.23. The standard InChI is InChI=1S/C4H10N2O/c1-5-2-3-6-4-7/h4-5H,2-3H2,1H3,(H,6,7). The van der Waals surface area contributed by atoms with Crippen molar-refractivity contribution in [3.8, 4) is 0 Å². The van der Waals surface area contributed by atoms with Crippen LogP contribution in [-0.4, -0.2) is 26.5 Å². The van der Waals surface area contributed by atoms with Gasteiger partial charge in [-0.05, 0) is 7.05 Å². The topological polar surface area (TPSA) is 41.1 Å². The van der Waals surface area contributed by atoms with Crippen molar-refractivity contribution in [3.63, 3.8) is 0 Å². The minimum absolute atomic E-state index is 0.692. The number of rotatable bonds is 4. The number of carbonyl (C=O) groups is 1. The Morgan fingerprint density at radius 2 is 2.29 bits per heavy atom. The molecule has 42 valence electrons. The lowest BCUT2D eigenvalue weighted by molar-refractivity contribution is -0.109. The molecule has 0 aromatic heterocycles. The molecule has 0 radical (unpaired) electrons. The largest absolute Gasteiger partial charge is 0.357 e. The lowest BCUT2D eigenvalue weighted by atomic mass is 10.6. The molecule has 1 amide bonds. The summed E-state index contributed by atoms with van der Waals surface area (Å²) in [5, 5.41) is 5.39. The van der Waals surface area contributed by atoms with Crippen LogP contribution in [0, 0.1) is 0 Å². The summed E-state index contributed by atoms with van der Waals surface area (Å²) in [5.74, 6) is 0. The van der Waals surface area contributed by atoms with E-state index in [4.69, 9.17) is 0 Å². The van der Waals surface area contributed by atoms with Gasteiger partial charge in [0.15, 0.2) is 0 Å². The summed E-state index contributed by atoms with van der Waals surface area (Å²) in [7, 11) is 1.84. The Labute approximate surface area is 43.1 Å². The summed E-state index contributed by atoms with van der Waals surface area (Å²) >= 11 is 0. The molecule has 0 aromatic carbocycles. The molecule has 0 rings (SSSR count). The first kappa shape index (κ1) is 6.43. The average molecular weight is 102 g/mol. The van der Waals surface area contributed by atoms with E-state index >= 15 is 0 Å². The molecular formula is C4H10N2O. The molecule has 0 unspecified atom stereocenters. The monoisotopic (exact) mass is 102 g/mol. The highest BCUT2D eigenvalue weighted by Crippen LogP contribution is 1.46. The van der Waals surface area contributed by atoms with Crippen LogP contribution in [0.25, 0.3) is 0 Å². The maximum absolute atomic E-state index is 9.54. The Balaban J connectivity index is 2.56. The third kappa shape index (κ3) is 5.43. The van der Waals surface area contributed by atoms with Gasteiger partial charge in [-0.1, -0.05) is 0 Å². The summed E-state index contributed by atoms with van der Waals surface area (Å²) < 4.78 is 0. The number of hydrogen-bond donors (Lipinski definition) is 2. The first-order valence-corrected chi connectivity index (χ1v) is 2.23. The highest BCUT2D eigenvalue weighted by atomic mass is 16.1. The number of amides is 1. The molecule has 3 heteroatoms. The highest BCUT2D eigenvalue weighted by molar-refractivity contribution is 5.45. The van der Waals surface area contributed by atoms with Gasteiger partial charge >= 0.3 is 0 Å². The van der Waals surface area contributed by atoms with E-state index in [1.54, 1.807) is 0 Å². The van der Waals surface area contributed by atoms with Crippen molar-refractivity contribution >= 4 is 6.41 Å². The van der Waals surface area contributed by atoms with Crippen molar-refractivity contribution in [1.82, 2.24) is 10.6 Å². The lowest BCUT2D eigenvalue weighted by Crippen LogP contribution is -2.23. The number of hydrogen-bond acceptors (Lipinski definition) is 2. The van der Waals surface area contributed by atoms with Crippen molar-refractivity contribution in [3.05, 3.63) is 0 Å². The molecule has 3 nitrogen and oxygen atoms in total. The zero-order valence-corrected chi connectivity index (χ0v) is 4.40. The summed E-state index contributed by atoms with van der Waals surface area (Å²) in [6, 6.07) is 0. The normalized spacial score (nSPS) is 8.14. The second-order valence-corrected chi connectivity index (χ2v) is 1.18. The molecule has 0 bridgehead atoms. The molecule has 0 aliphatic carbocycles. The quantitative estimate of drug-likeness (QED) is 0.351. The van der Waals surface area contributed by atoms with Crippen LogP contribution in [0.15, 0.2) is 0 Å². The molecule has 0 atom stereocenters. The minimum Gasteiger partial charge on any atom is -0.357 e. The summed E-state index contributed by atoms with van der Waals surface area (Å²) in [4.78, 5) is 9.54. The predicted molar refractivity (Wildman–Crippen MR) is 28.0 cm³/mol. The predicted octanol–water partition coefficient (Wildman–Crippen LogP) is -1.05. The molecule has 0 aliphatic heterocycles. The fourth-order valence-corrected chi connectivity index (χ4v) is 0.256. The van der Waals surface area contributed by atoms with Gasteiger partial charge in [0, 0.05) is 13.1 Å². The lowest BCUT2D eigenvalue weighted by Gasteiger charge is -1.93. The van der Waals surface area contributed by atoms with Crippen molar-refractivity contribution in [2.45, 2.75) is 0 Å². The van der Waals surface area contributed by atoms with Crippen molar-refractivity contribution in [1.29, 1.82) is 0 Å². The van der Waals surface area contributed by atoms with Crippen LogP contribution in [0.2, 0.25) is 0 Å². The molecule has 0 aromatic rings. The van der Waals surface area contributed by atoms with Crippen molar-refractivity contribution in [2.24, 2.45) is 0 Å². The summed E-state index contributed by atoms with van der Waals surface area (Å²) in [6.07, 6.45) is 0.692. The van der Waals surface area contributed by atoms with Gasteiger partial charge in [0.2, 0.25) is 6.41 Å². The fraction of sp³-hybridized carbons (Fsp3) is 0.750. The van der Waals surface area contributed by atoms with Gasteiger partial charge in [0.25, 0.3) is 0 Å². The van der Waals surface area contributed by atoms with Crippen LogP contribution in [-0.2, 0) is 4.79 Å². The Kier molecular flexibility index (Phi) is 4.99.